The molecule has 0 saturated heterocycles. The fourth-order valence-corrected chi connectivity index (χ4v) is 3.43. The average molecular weight is 413 g/mol. The molecule has 1 N–H and O–H groups in total. The van der Waals surface area contributed by atoms with Crippen molar-refractivity contribution in [2.45, 2.75) is 112 Å². The maximum atomic E-state index is 12.2. The third-order valence-corrected chi connectivity index (χ3v) is 5.19. The van der Waals surface area contributed by atoms with Crippen molar-refractivity contribution >= 4 is 5.97 Å². The van der Waals surface area contributed by atoms with E-state index in [1.54, 1.807) is 0 Å². The van der Waals surface area contributed by atoms with E-state index < -0.39 is 11.8 Å². The highest BCUT2D eigenvalue weighted by Gasteiger charge is 2.54. The molecule has 2 unspecified atom stereocenters. The summed E-state index contributed by atoms with van der Waals surface area (Å²) in [5, 5.41) is 9.20. The molecule has 0 aromatic heterocycles. The smallest absolute Gasteiger partial charge is 0.417 e. The van der Waals surface area contributed by atoms with Crippen LogP contribution in [0.2, 0.25) is 0 Å². The minimum Gasteiger partial charge on any atom is -0.466 e. The van der Waals surface area contributed by atoms with Crippen molar-refractivity contribution in [3.63, 3.8) is 0 Å². The fraction of sp³-hybridized carbons (Fsp3) is 0.955. The van der Waals surface area contributed by atoms with E-state index >= 15 is 0 Å². The zero-order valence-electron chi connectivity index (χ0n) is 19.0. The van der Waals surface area contributed by atoms with Crippen LogP contribution in [0.3, 0.4) is 0 Å². The van der Waals surface area contributed by atoms with Gasteiger partial charge in [0.2, 0.25) is 0 Å². The van der Waals surface area contributed by atoms with Gasteiger partial charge in [0.1, 0.15) is 0 Å². The molecule has 0 amide bonds. The molecule has 0 bridgehead atoms. The normalized spacial score (nSPS) is 29.6. The highest BCUT2D eigenvalue weighted by molar-refractivity contribution is 5.72. The largest absolute Gasteiger partial charge is 0.466 e. The summed E-state index contributed by atoms with van der Waals surface area (Å²) in [7, 11) is 0. The van der Waals surface area contributed by atoms with Crippen LogP contribution >= 0.6 is 0 Å². The van der Waals surface area contributed by atoms with Crippen molar-refractivity contribution in [2.75, 3.05) is 6.61 Å². The monoisotopic (exact) mass is 412 g/mol. The highest BCUT2D eigenvalue weighted by Crippen LogP contribution is 2.42. The summed E-state index contributed by atoms with van der Waals surface area (Å²) in [5.74, 6) is 1.22. The lowest BCUT2D eigenvalue weighted by Gasteiger charge is -2.36. The molecular weight excluding hydrogens is 369 g/mol. The first-order chi connectivity index (χ1) is 13.1. The molecule has 2 aliphatic carbocycles. The molecule has 3 nitrogen and oxygen atoms in total. The molecule has 2 rings (SSSR count). The van der Waals surface area contributed by atoms with E-state index in [4.69, 9.17) is 4.74 Å². The Bertz CT molecular complexity index is 389. The Morgan fingerprint density at radius 1 is 1.00 bits per heavy atom. The number of alkyl halides is 3. The lowest BCUT2D eigenvalue weighted by molar-refractivity contribution is -0.271. The van der Waals surface area contributed by atoms with Gasteiger partial charge in [0.15, 0.2) is 5.60 Å². The number of esters is 1. The van der Waals surface area contributed by atoms with Gasteiger partial charge in [-0.2, -0.15) is 13.2 Å². The van der Waals surface area contributed by atoms with Crippen LogP contribution in [0, 0.1) is 17.8 Å². The second kappa shape index (κ2) is 15.1. The van der Waals surface area contributed by atoms with Gasteiger partial charge >= 0.3 is 12.1 Å². The molecule has 170 valence electrons. The molecule has 0 spiro atoms. The first-order valence-corrected chi connectivity index (χ1v) is 11.0. The molecule has 0 aliphatic heterocycles. The van der Waals surface area contributed by atoms with Gasteiger partial charge in [-0.25, -0.2) is 0 Å². The highest BCUT2D eigenvalue weighted by atomic mass is 19.4. The van der Waals surface area contributed by atoms with E-state index in [1.165, 1.54) is 12.8 Å². The lowest BCUT2D eigenvalue weighted by atomic mass is 9.79. The van der Waals surface area contributed by atoms with E-state index in [-0.39, 0.29) is 24.7 Å². The molecule has 0 aromatic carbocycles. The Hall–Kier alpha value is -0.780. The lowest BCUT2D eigenvalue weighted by Crippen LogP contribution is -2.47. The number of hydrogen-bond acceptors (Lipinski definition) is 3. The zero-order valence-corrected chi connectivity index (χ0v) is 19.0. The van der Waals surface area contributed by atoms with Gasteiger partial charge in [-0.15, -0.1) is 0 Å². The Balaban J connectivity index is 0. The minimum atomic E-state index is -4.45. The molecule has 0 heterocycles. The number of carbonyl (C=O) groups is 1. The van der Waals surface area contributed by atoms with Gasteiger partial charge in [-0.05, 0) is 57.3 Å². The summed E-state index contributed by atoms with van der Waals surface area (Å²) in [5.41, 5.74) is -2.40. The summed E-state index contributed by atoms with van der Waals surface area (Å²) in [6, 6.07) is 0. The van der Waals surface area contributed by atoms with Crippen molar-refractivity contribution in [1.29, 1.82) is 0 Å². The first kappa shape index (κ1) is 29.4. The SMILES string of the molecule is CC.CC.CC1CCC(O)(C(F)(F)F)CC1.CCOC(=O)C1CCCC(C)C1. The molecule has 6 heteroatoms. The minimum absolute atomic E-state index is 0.0176. The Morgan fingerprint density at radius 2 is 1.50 bits per heavy atom. The molecule has 2 saturated carbocycles. The summed E-state index contributed by atoms with van der Waals surface area (Å²) in [6.45, 7) is 14.5. The predicted molar refractivity (Wildman–Crippen MR) is 109 cm³/mol. The molecule has 2 aliphatic rings. The van der Waals surface area contributed by atoms with Gasteiger partial charge in [0, 0.05) is 0 Å². The molecule has 28 heavy (non-hydrogen) atoms. The standard InChI is InChI=1S/C10H18O2.C8H13F3O.2C2H6/c1-3-12-10(11)9-6-4-5-8(2)7-9;1-6-2-4-7(12,5-3-6)8(9,10)11;2*1-2/h8-9H,3-7H2,1-2H3;6,12H,2-5H2,1H3;2*1-2H3. The van der Waals surface area contributed by atoms with Gasteiger partial charge in [-0.3, -0.25) is 4.79 Å². The summed E-state index contributed by atoms with van der Waals surface area (Å²) in [6.07, 6.45) is 0.719. The van der Waals surface area contributed by atoms with Crippen LogP contribution < -0.4 is 0 Å². The van der Waals surface area contributed by atoms with Crippen molar-refractivity contribution in [2.24, 2.45) is 17.8 Å². The molecule has 2 fully saturated rings. The third kappa shape index (κ3) is 10.7. The molecule has 2 atom stereocenters. The molecule has 0 aromatic rings. The Kier molecular flexibility index (Phi) is 15.9. The maximum absolute atomic E-state index is 12.2. The van der Waals surface area contributed by atoms with Crippen LogP contribution in [0.15, 0.2) is 0 Å². The van der Waals surface area contributed by atoms with E-state index in [9.17, 15) is 23.1 Å². The summed E-state index contributed by atoms with van der Waals surface area (Å²) < 4.78 is 41.6. The first-order valence-electron chi connectivity index (χ1n) is 11.0. The van der Waals surface area contributed by atoms with Crippen molar-refractivity contribution in [3.8, 4) is 0 Å². The number of aliphatic hydroxyl groups is 1. The van der Waals surface area contributed by atoms with Gasteiger partial charge in [0.25, 0.3) is 0 Å². The molecule has 0 radical (unpaired) electrons. The van der Waals surface area contributed by atoms with Crippen LogP contribution in [-0.2, 0) is 9.53 Å². The van der Waals surface area contributed by atoms with Crippen LogP contribution in [0.4, 0.5) is 13.2 Å². The van der Waals surface area contributed by atoms with Crippen LogP contribution in [0.1, 0.15) is 99.8 Å². The van der Waals surface area contributed by atoms with E-state index in [1.807, 2.05) is 41.5 Å². The van der Waals surface area contributed by atoms with E-state index in [0.717, 1.165) is 12.8 Å². The van der Waals surface area contributed by atoms with Crippen molar-refractivity contribution in [3.05, 3.63) is 0 Å². The Morgan fingerprint density at radius 3 is 1.89 bits per heavy atom. The van der Waals surface area contributed by atoms with Crippen LogP contribution in [0.25, 0.3) is 0 Å². The van der Waals surface area contributed by atoms with Crippen molar-refractivity contribution < 1.29 is 27.8 Å². The van der Waals surface area contributed by atoms with Crippen LogP contribution in [0.5, 0.6) is 0 Å². The van der Waals surface area contributed by atoms with Gasteiger partial charge in [-0.1, -0.05) is 54.4 Å². The average Bonchev–Trinajstić information content (AvgIpc) is 2.67. The third-order valence-electron chi connectivity index (χ3n) is 5.19. The van der Waals surface area contributed by atoms with Gasteiger partial charge in [0.05, 0.1) is 12.5 Å². The number of rotatable bonds is 2. The van der Waals surface area contributed by atoms with Crippen LogP contribution in [-0.4, -0.2) is 29.5 Å². The second-order valence-electron chi connectivity index (χ2n) is 7.43. The number of hydrogen-bond donors (Lipinski definition) is 1. The number of halogens is 3. The van der Waals surface area contributed by atoms with Gasteiger partial charge < -0.3 is 9.84 Å². The van der Waals surface area contributed by atoms with Crippen molar-refractivity contribution in [1.82, 2.24) is 0 Å². The predicted octanol–water partition coefficient (Wildman–Crippen LogP) is 6.92. The van der Waals surface area contributed by atoms with E-state index in [0.29, 0.717) is 31.3 Å². The topological polar surface area (TPSA) is 46.5 Å². The molecular formula is C22H43F3O3. The number of carbonyl (C=O) groups excluding carboxylic acids is 1. The maximum Gasteiger partial charge on any atom is 0.417 e. The quantitative estimate of drug-likeness (QED) is 0.501. The fourth-order valence-electron chi connectivity index (χ4n) is 3.43. The summed E-state index contributed by atoms with van der Waals surface area (Å²) in [4.78, 5) is 11.3. The van der Waals surface area contributed by atoms with E-state index in [2.05, 4.69) is 6.92 Å². The number of ether oxygens (including phenoxy) is 1. The second-order valence-corrected chi connectivity index (χ2v) is 7.43. The Labute approximate surface area is 170 Å². The summed E-state index contributed by atoms with van der Waals surface area (Å²) >= 11 is 0. The zero-order chi connectivity index (χ0) is 22.4.